The third-order valence-corrected chi connectivity index (χ3v) is 5.51. The lowest BCUT2D eigenvalue weighted by molar-refractivity contribution is 0.0704. The van der Waals surface area contributed by atoms with Gasteiger partial charge in [0.05, 0.1) is 0 Å². The van der Waals surface area contributed by atoms with Gasteiger partial charge in [-0.25, -0.2) is 13.9 Å². The molecule has 1 saturated heterocycles. The Bertz CT molecular complexity index is 1190. The Labute approximate surface area is 173 Å². The Hall–Kier alpha value is -3.61. The molecule has 1 aliphatic heterocycles. The van der Waals surface area contributed by atoms with Crippen LogP contribution in [0.5, 0.6) is 0 Å². The number of likely N-dealkylation sites (tertiary alicyclic amines) is 1. The Morgan fingerprint density at radius 3 is 2.73 bits per heavy atom. The maximum atomic E-state index is 13.2. The predicted octanol–water partition coefficient (Wildman–Crippen LogP) is 3.95. The molecule has 0 spiro atoms. The van der Waals surface area contributed by atoms with Crippen LogP contribution in [-0.2, 0) is 0 Å². The fourth-order valence-electron chi connectivity index (χ4n) is 3.92. The Kier molecular flexibility index (Phi) is 4.71. The summed E-state index contributed by atoms with van der Waals surface area (Å²) in [6.45, 7) is 1.24. The van der Waals surface area contributed by atoms with Crippen molar-refractivity contribution in [3.05, 3.63) is 84.3 Å². The van der Waals surface area contributed by atoms with Gasteiger partial charge in [0, 0.05) is 54.3 Å². The molecule has 1 atom stereocenters. The zero-order valence-electron chi connectivity index (χ0n) is 16.3. The molecule has 3 aromatic heterocycles. The number of fused-ring (bicyclic) bond motifs is 1. The van der Waals surface area contributed by atoms with Crippen LogP contribution in [0.4, 0.5) is 4.39 Å². The maximum absolute atomic E-state index is 13.2. The van der Waals surface area contributed by atoms with Gasteiger partial charge in [-0.3, -0.25) is 9.78 Å². The molecule has 150 valence electrons. The largest absolute Gasteiger partial charge is 0.338 e. The number of amides is 1. The summed E-state index contributed by atoms with van der Waals surface area (Å²) in [6, 6.07) is 13.6. The van der Waals surface area contributed by atoms with Crippen LogP contribution < -0.4 is 0 Å². The average molecular weight is 401 g/mol. The first kappa shape index (κ1) is 18.4. The minimum absolute atomic E-state index is 0.0740. The van der Waals surface area contributed by atoms with Crippen molar-refractivity contribution in [3.8, 4) is 11.1 Å². The summed E-state index contributed by atoms with van der Waals surface area (Å²) in [5.41, 5.74) is 3.31. The van der Waals surface area contributed by atoms with E-state index in [9.17, 15) is 9.18 Å². The maximum Gasteiger partial charge on any atom is 0.253 e. The van der Waals surface area contributed by atoms with Gasteiger partial charge < -0.3 is 4.90 Å². The first-order chi connectivity index (χ1) is 14.7. The number of pyridine rings is 2. The summed E-state index contributed by atoms with van der Waals surface area (Å²) in [5, 5.41) is 4.70. The zero-order chi connectivity index (χ0) is 20.5. The van der Waals surface area contributed by atoms with Crippen molar-refractivity contribution >= 4 is 11.6 Å². The number of piperidine rings is 1. The predicted molar refractivity (Wildman–Crippen MR) is 110 cm³/mol. The molecular weight excluding hydrogens is 381 g/mol. The molecule has 1 amide bonds. The van der Waals surface area contributed by atoms with Crippen LogP contribution in [0.25, 0.3) is 16.8 Å². The minimum atomic E-state index is -0.345. The van der Waals surface area contributed by atoms with Gasteiger partial charge in [-0.15, -0.1) is 0 Å². The third kappa shape index (κ3) is 3.54. The van der Waals surface area contributed by atoms with Crippen molar-refractivity contribution in [3.63, 3.8) is 0 Å². The topological polar surface area (TPSA) is 63.4 Å². The molecule has 30 heavy (non-hydrogen) atoms. The number of rotatable bonds is 3. The number of benzene rings is 1. The van der Waals surface area contributed by atoms with Crippen molar-refractivity contribution in [2.45, 2.75) is 18.8 Å². The van der Waals surface area contributed by atoms with E-state index < -0.39 is 0 Å². The van der Waals surface area contributed by atoms with Crippen LogP contribution >= 0.6 is 0 Å². The summed E-state index contributed by atoms with van der Waals surface area (Å²) in [7, 11) is 0. The van der Waals surface area contributed by atoms with Gasteiger partial charge in [0.25, 0.3) is 5.91 Å². The van der Waals surface area contributed by atoms with Crippen molar-refractivity contribution < 1.29 is 9.18 Å². The van der Waals surface area contributed by atoms with E-state index in [-0.39, 0.29) is 17.6 Å². The van der Waals surface area contributed by atoms with Crippen LogP contribution in [0.3, 0.4) is 0 Å². The van der Waals surface area contributed by atoms with E-state index in [4.69, 9.17) is 10.1 Å². The van der Waals surface area contributed by atoms with Gasteiger partial charge >= 0.3 is 0 Å². The lowest BCUT2D eigenvalue weighted by Gasteiger charge is -2.31. The van der Waals surface area contributed by atoms with Crippen LogP contribution in [0.1, 0.15) is 34.9 Å². The Morgan fingerprint density at radius 2 is 1.93 bits per heavy atom. The van der Waals surface area contributed by atoms with E-state index in [0.717, 1.165) is 35.4 Å². The highest BCUT2D eigenvalue weighted by molar-refractivity contribution is 5.94. The van der Waals surface area contributed by atoms with Crippen LogP contribution in [0.2, 0.25) is 0 Å². The second-order valence-corrected chi connectivity index (χ2v) is 7.53. The fourth-order valence-corrected chi connectivity index (χ4v) is 3.92. The quantitative estimate of drug-likeness (QED) is 0.521. The molecule has 0 saturated carbocycles. The second-order valence-electron chi connectivity index (χ2n) is 7.53. The number of hydrogen-bond acceptors (Lipinski definition) is 4. The molecule has 0 radical (unpaired) electrons. The molecule has 1 fully saturated rings. The second kappa shape index (κ2) is 7.67. The summed E-state index contributed by atoms with van der Waals surface area (Å²) < 4.78 is 15.0. The van der Waals surface area contributed by atoms with E-state index in [1.54, 1.807) is 10.7 Å². The monoisotopic (exact) mass is 401 g/mol. The number of hydrogen-bond donors (Lipinski definition) is 0. The Morgan fingerprint density at radius 1 is 1.07 bits per heavy atom. The molecule has 4 aromatic rings. The summed E-state index contributed by atoms with van der Waals surface area (Å²) in [4.78, 5) is 23.5. The van der Waals surface area contributed by atoms with E-state index in [1.165, 1.54) is 24.3 Å². The molecule has 1 aromatic carbocycles. The zero-order valence-corrected chi connectivity index (χ0v) is 16.3. The highest BCUT2D eigenvalue weighted by atomic mass is 19.1. The van der Waals surface area contributed by atoms with Gasteiger partial charge in [-0.2, -0.15) is 5.10 Å². The molecule has 5 rings (SSSR count). The summed E-state index contributed by atoms with van der Waals surface area (Å²) in [5.74, 6) is 0.393. The lowest BCUT2D eigenvalue weighted by Crippen LogP contribution is -2.39. The van der Waals surface area contributed by atoms with Crippen molar-refractivity contribution in [2.24, 2.45) is 0 Å². The first-order valence-corrected chi connectivity index (χ1v) is 9.99. The first-order valence-electron chi connectivity index (χ1n) is 9.99. The number of nitrogens with zero attached hydrogens (tertiary/aromatic N) is 5. The number of carbonyl (C=O) groups is 1. The van der Waals surface area contributed by atoms with Crippen LogP contribution in [0.15, 0.2) is 67.1 Å². The molecule has 1 aliphatic rings. The smallest absolute Gasteiger partial charge is 0.253 e. The third-order valence-electron chi connectivity index (χ3n) is 5.51. The van der Waals surface area contributed by atoms with E-state index in [2.05, 4.69) is 4.98 Å². The average Bonchev–Trinajstić information content (AvgIpc) is 3.23. The summed E-state index contributed by atoms with van der Waals surface area (Å²) >= 11 is 0. The van der Waals surface area contributed by atoms with Crippen molar-refractivity contribution in [1.82, 2.24) is 24.5 Å². The molecule has 0 N–H and O–H groups in total. The van der Waals surface area contributed by atoms with Gasteiger partial charge in [-0.1, -0.05) is 6.07 Å². The van der Waals surface area contributed by atoms with E-state index >= 15 is 0 Å². The molecule has 0 aliphatic carbocycles. The van der Waals surface area contributed by atoms with Gasteiger partial charge in [0.1, 0.15) is 5.82 Å². The SMILES string of the molecule is O=C(c1ccc(F)cc1)N1CCC[C@@H](c2nc3ccc(-c4cccnc4)cn3n2)C1. The normalized spacial score (nSPS) is 16.7. The number of halogens is 1. The molecular formula is C23H20FN5O. The highest BCUT2D eigenvalue weighted by Crippen LogP contribution is 2.27. The lowest BCUT2D eigenvalue weighted by atomic mass is 9.96. The Balaban J connectivity index is 1.38. The summed E-state index contributed by atoms with van der Waals surface area (Å²) in [6.07, 6.45) is 7.33. The molecule has 0 unspecified atom stereocenters. The van der Waals surface area contributed by atoms with Crippen LogP contribution in [0, 0.1) is 5.82 Å². The molecule has 0 bridgehead atoms. The highest BCUT2D eigenvalue weighted by Gasteiger charge is 2.28. The van der Waals surface area contributed by atoms with E-state index in [1.807, 2.05) is 41.6 Å². The molecule has 4 heterocycles. The van der Waals surface area contributed by atoms with Crippen molar-refractivity contribution in [2.75, 3.05) is 13.1 Å². The van der Waals surface area contributed by atoms with Gasteiger partial charge in [0.15, 0.2) is 11.5 Å². The standard InChI is InChI=1S/C23H20FN5O/c24-20-8-5-16(6-9-20)23(30)28-12-2-4-19(14-28)22-26-21-10-7-18(15-29(21)27-22)17-3-1-11-25-13-17/h1,3,5-11,13,15,19H,2,4,12,14H2/t19-/m1/s1. The molecule has 7 heteroatoms. The fraction of sp³-hybridized carbons (Fsp3) is 0.217. The van der Waals surface area contributed by atoms with Gasteiger partial charge in [0.2, 0.25) is 0 Å². The van der Waals surface area contributed by atoms with E-state index in [0.29, 0.717) is 18.7 Å². The van der Waals surface area contributed by atoms with Crippen molar-refractivity contribution in [1.29, 1.82) is 0 Å². The molecule has 6 nitrogen and oxygen atoms in total. The van der Waals surface area contributed by atoms with Crippen LogP contribution in [-0.4, -0.2) is 43.5 Å². The number of carbonyl (C=O) groups excluding carboxylic acids is 1. The van der Waals surface area contributed by atoms with Gasteiger partial charge in [-0.05, 0) is 55.3 Å². The minimum Gasteiger partial charge on any atom is -0.338 e. The number of aromatic nitrogens is 4.